The smallest absolute Gasteiger partial charge is 0.243 e. The molecule has 2 aromatic rings. The van der Waals surface area contributed by atoms with Crippen LogP contribution in [0.2, 0.25) is 5.02 Å². The first kappa shape index (κ1) is 20.6. The van der Waals surface area contributed by atoms with Crippen molar-refractivity contribution in [3.63, 3.8) is 0 Å². The Morgan fingerprint density at radius 1 is 1.21 bits per heavy atom. The van der Waals surface area contributed by atoms with Gasteiger partial charge in [0.1, 0.15) is 5.75 Å². The highest BCUT2D eigenvalue weighted by molar-refractivity contribution is 7.89. The number of hydrogen-bond donors (Lipinski definition) is 1. The molecule has 1 atom stereocenters. The number of sulfonamides is 1. The average Bonchev–Trinajstić information content (AvgIpc) is 2.71. The van der Waals surface area contributed by atoms with Crippen LogP contribution in [0.15, 0.2) is 47.4 Å². The van der Waals surface area contributed by atoms with Crippen molar-refractivity contribution in [2.24, 2.45) is 5.92 Å². The van der Waals surface area contributed by atoms with Gasteiger partial charge in [0.05, 0.1) is 17.9 Å². The molecular weight excluding hydrogens is 400 g/mol. The maximum atomic E-state index is 12.9. The highest BCUT2D eigenvalue weighted by Crippen LogP contribution is 2.27. The third kappa shape index (κ3) is 4.48. The summed E-state index contributed by atoms with van der Waals surface area (Å²) >= 11 is 6.01. The van der Waals surface area contributed by atoms with Crippen LogP contribution in [0.3, 0.4) is 0 Å². The van der Waals surface area contributed by atoms with E-state index in [1.54, 1.807) is 24.3 Å². The zero-order chi connectivity index (χ0) is 20.3. The number of nitrogens with zero attached hydrogens (tertiary/aromatic N) is 1. The van der Waals surface area contributed by atoms with Gasteiger partial charge in [0.15, 0.2) is 0 Å². The van der Waals surface area contributed by atoms with E-state index in [4.69, 9.17) is 16.3 Å². The Balaban J connectivity index is 1.73. The molecule has 3 rings (SSSR count). The number of nitrogens with one attached hydrogen (secondary N) is 1. The number of amides is 1. The third-order valence-corrected chi connectivity index (χ3v) is 7.02. The number of anilines is 1. The number of carbonyl (C=O) groups excluding carboxylic acids is 1. The number of benzene rings is 2. The first-order chi connectivity index (χ1) is 13.3. The highest BCUT2D eigenvalue weighted by Gasteiger charge is 2.33. The van der Waals surface area contributed by atoms with Gasteiger partial charge in [0.2, 0.25) is 15.9 Å². The Morgan fingerprint density at radius 3 is 2.61 bits per heavy atom. The summed E-state index contributed by atoms with van der Waals surface area (Å²) in [6.07, 6.45) is 1.27. The molecule has 0 saturated carbocycles. The van der Waals surface area contributed by atoms with E-state index in [1.165, 1.54) is 23.5 Å². The van der Waals surface area contributed by atoms with E-state index in [-0.39, 0.29) is 17.3 Å². The Morgan fingerprint density at radius 2 is 1.93 bits per heavy atom. The number of rotatable bonds is 5. The van der Waals surface area contributed by atoms with E-state index in [0.29, 0.717) is 35.8 Å². The molecule has 8 heteroatoms. The predicted octanol–water partition coefficient (Wildman–Crippen LogP) is 3.70. The lowest BCUT2D eigenvalue weighted by molar-refractivity contribution is -0.120. The molecule has 0 aliphatic carbocycles. The monoisotopic (exact) mass is 422 g/mol. The number of hydrogen-bond acceptors (Lipinski definition) is 4. The topological polar surface area (TPSA) is 75.7 Å². The second-order valence-corrected chi connectivity index (χ2v) is 9.20. The van der Waals surface area contributed by atoms with Crippen molar-refractivity contribution in [3.05, 3.63) is 53.1 Å². The number of aryl methyl sites for hydroxylation is 1. The number of ether oxygens (including phenoxy) is 1. The molecule has 150 valence electrons. The summed E-state index contributed by atoms with van der Waals surface area (Å²) in [6.45, 7) is 2.43. The van der Waals surface area contributed by atoms with E-state index in [0.717, 1.165) is 5.56 Å². The normalized spacial score (nSPS) is 17.9. The minimum Gasteiger partial charge on any atom is -0.497 e. The molecule has 1 saturated heterocycles. The molecule has 1 aliphatic heterocycles. The van der Waals surface area contributed by atoms with Crippen LogP contribution in [0, 0.1) is 12.8 Å². The van der Waals surface area contributed by atoms with E-state index in [9.17, 15) is 13.2 Å². The van der Waals surface area contributed by atoms with Crippen molar-refractivity contribution in [2.75, 3.05) is 25.5 Å². The van der Waals surface area contributed by atoms with E-state index < -0.39 is 15.9 Å². The largest absolute Gasteiger partial charge is 0.497 e. The van der Waals surface area contributed by atoms with Crippen molar-refractivity contribution in [1.29, 1.82) is 0 Å². The lowest BCUT2D eigenvalue weighted by Crippen LogP contribution is -2.43. The molecular formula is C20H23ClN2O4S. The van der Waals surface area contributed by atoms with Crippen molar-refractivity contribution in [1.82, 2.24) is 4.31 Å². The standard InChI is InChI=1S/C20H23ClN2O4S/c1-14-5-6-16(21)12-19(14)22-20(24)15-4-3-11-23(13-15)28(25,26)18-9-7-17(27-2)8-10-18/h5-10,12,15H,3-4,11,13H2,1-2H3,(H,22,24)/t15-/m0/s1. The first-order valence-electron chi connectivity index (χ1n) is 9.02. The summed E-state index contributed by atoms with van der Waals surface area (Å²) < 4.78 is 32.4. The van der Waals surface area contributed by atoms with Gasteiger partial charge < -0.3 is 10.1 Å². The number of carbonyl (C=O) groups is 1. The molecule has 1 fully saturated rings. The molecule has 0 aromatic heterocycles. The predicted molar refractivity (Wildman–Crippen MR) is 109 cm³/mol. The first-order valence-corrected chi connectivity index (χ1v) is 10.8. The second kappa shape index (κ2) is 8.51. The van der Waals surface area contributed by atoms with E-state index in [1.807, 2.05) is 13.0 Å². The van der Waals surface area contributed by atoms with Gasteiger partial charge in [-0.2, -0.15) is 4.31 Å². The SMILES string of the molecule is COc1ccc(S(=O)(=O)N2CCC[C@H](C(=O)Nc3cc(Cl)ccc3C)C2)cc1. The molecule has 0 spiro atoms. The minimum absolute atomic E-state index is 0.153. The Bertz CT molecular complexity index is 961. The molecule has 0 radical (unpaired) electrons. The third-order valence-electron chi connectivity index (χ3n) is 4.91. The van der Waals surface area contributed by atoms with Crippen LogP contribution in [0.25, 0.3) is 0 Å². The summed E-state index contributed by atoms with van der Waals surface area (Å²) in [6, 6.07) is 11.6. The molecule has 6 nitrogen and oxygen atoms in total. The lowest BCUT2D eigenvalue weighted by atomic mass is 9.98. The summed E-state index contributed by atoms with van der Waals surface area (Å²) in [5.41, 5.74) is 1.55. The van der Waals surface area contributed by atoms with E-state index >= 15 is 0 Å². The van der Waals surface area contributed by atoms with Gasteiger partial charge in [-0.1, -0.05) is 17.7 Å². The van der Waals surface area contributed by atoms with Crippen LogP contribution >= 0.6 is 11.6 Å². The van der Waals surface area contributed by atoms with Gasteiger partial charge in [-0.15, -0.1) is 0 Å². The molecule has 0 bridgehead atoms. The van der Waals surface area contributed by atoms with Crippen LogP contribution < -0.4 is 10.1 Å². The Labute approximate surface area is 170 Å². The lowest BCUT2D eigenvalue weighted by Gasteiger charge is -2.31. The van der Waals surface area contributed by atoms with E-state index in [2.05, 4.69) is 5.32 Å². The van der Waals surface area contributed by atoms with Crippen molar-refractivity contribution >= 4 is 33.2 Å². The minimum atomic E-state index is -3.66. The quantitative estimate of drug-likeness (QED) is 0.797. The van der Waals surface area contributed by atoms with Crippen molar-refractivity contribution < 1.29 is 17.9 Å². The zero-order valence-corrected chi connectivity index (χ0v) is 17.4. The molecule has 1 heterocycles. The van der Waals surface area contributed by atoms with Crippen LogP contribution in [-0.4, -0.2) is 38.8 Å². The summed E-state index contributed by atoms with van der Waals surface area (Å²) in [5.74, 6) is -0.0214. The second-order valence-electron chi connectivity index (χ2n) is 6.83. The maximum Gasteiger partial charge on any atom is 0.243 e. The summed E-state index contributed by atoms with van der Waals surface area (Å²) in [4.78, 5) is 12.9. The molecule has 0 unspecified atom stereocenters. The molecule has 1 N–H and O–H groups in total. The van der Waals surface area contributed by atoms with Gasteiger partial charge in [-0.05, 0) is 61.7 Å². The zero-order valence-electron chi connectivity index (χ0n) is 15.8. The summed E-state index contributed by atoms with van der Waals surface area (Å²) in [7, 11) is -2.14. The number of methoxy groups -OCH3 is 1. The number of halogens is 1. The Hall–Kier alpha value is -2.09. The average molecular weight is 423 g/mol. The molecule has 1 aliphatic rings. The fourth-order valence-corrected chi connectivity index (χ4v) is 4.93. The molecule has 28 heavy (non-hydrogen) atoms. The molecule has 2 aromatic carbocycles. The van der Waals surface area contributed by atoms with Gasteiger partial charge in [-0.25, -0.2) is 8.42 Å². The molecule has 1 amide bonds. The Kier molecular flexibility index (Phi) is 6.27. The van der Waals surface area contributed by atoms with Gasteiger partial charge in [0.25, 0.3) is 0 Å². The maximum absolute atomic E-state index is 12.9. The number of piperidine rings is 1. The van der Waals surface area contributed by atoms with Crippen molar-refractivity contribution in [2.45, 2.75) is 24.7 Å². The van der Waals surface area contributed by atoms with Crippen LogP contribution in [0.5, 0.6) is 5.75 Å². The van der Waals surface area contributed by atoms with Gasteiger partial charge in [-0.3, -0.25) is 4.79 Å². The van der Waals surface area contributed by atoms with Gasteiger partial charge in [0, 0.05) is 23.8 Å². The van der Waals surface area contributed by atoms with Crippen LogP contribution in [0.4, 0.5) is 5.69 Å². The fourth-order valence-electron chi connectivity index (χ4n) is 3.24. The highest BCUT2D eigenvalue weighted by atomic mass is 35.5. The van der Waals surface area contributed by atoms with Crippen LogP contribution in [-0.2, 0) is 14.8 Å². The van der Waals surface area contributed by atoms with Crippen molar-refractivity contribution in [3.8, 4) is 5.75 Å². The summed E-state index contributed by atoms with van der Waals surface area (Å²) in [5, 5.41) is 3.42. The van der Waals surface area contributed by atoms with Gasteiger partial charge >= 0.3 is 0 Å². The fraction of sp³-hybridized carbons (Fsp3) is 0.350. The van der Waals surface area contributed by atoms with Crippen LogP contribution in [0.1, 0.15) is 18.4 Å².